The van der Waals surface area contributed by atoms with Gasteiger partial charge in [-0.3, -0.25) is 15.1 Å². The summed E-state index contributed by atoms with van der Waals surface area (Å²) >= 11 is 5.26. The van der Waals surface area contributed by atoms with Gasteiger partial charge in [-0.15, -0.1) is 0 Å². The molecule has 0 aliphatic carbocycles. The first kappa shape index (κ1) is 21.3. The topological polar surface area (TPSA) is 66.0 Å². The standard InChI is InChI=1S/C20H30N4O2S/c1-26-19(25)10-6-3-7-13-21-20(27)23-22-18-11-14-24(15-12-18)16-17-8-4-2-5-9-17/h2,4-5,8-9H,3,6-7,10-16H2,1H3,(H2,21,23,27). The van der Waals surface area contributed by atoms with E-state index in [-0.39, 0.29) is 5.97 Å². The Kier molecular flexibility index (Phi) is 9.79. The molecule has 2 rings (SSSR count). The second-order valence-corrected chi connectivity index (χ2v) is 7.10. The first-order valence-electron chi connectivity index (χ1n) is 9.59. The van der Waals surface area contributed by atoms with Crippen molar-refractivity contribution in [2.45, 2.75) is 45.1 Å². The highest BCUT2D eigenvalue weighted by molar-refractivity contribution is 7.80. The lowest BCUT2D eigenvalue weighted by molar-refractivity contribution is -0.140. The predicted octanol–water partition coefficient (Wildman–Crippen LogP) is 2.84. The maximum absolute atomic E-state index is 11.0. The molecule has 1 aromatic carbocycles. The van der Waals surface area contributed by atoms with Crippen molar-refractivity contribution in [3.8, 4) is 0 Å². The molecule has 1 aromatic rings. The zero-order valence-electron chi connectivity index (χ0n) is 16.1. The van der Waals surface area contributed by atoms with Gasteiger partial charge < -0.3 is 10.1 Å². The summed E-state index contributed by atoms with van der Waals surface area (Å²) in [7, 11) is 1.42. The Bertz CT molecular complexity index is 612. The normalized spacial score (nSPS) is 14.5. The van der Waals surface area contributed by atoms with Crippen molar-refractivity contribution in [1.29, 1.82) is 0 Å². The molecule has 0 spiro atoms. The average Bonchev–Trinajstić information content (AvgIpc) is 2.70. The fourth-order valence-electron chi connectivity index (χ4n) is 2.97. The molecule has 7 heteroatoms. The Morgan fingerprint density at radius 1 is 1.19 bits per heavy atom. The van der Waals surface area contributed by atoms with Crippen LogP contribution < -0.4 is 10.7 Å². The average molecular weight is 391 g/mol. The molecular formula is C20H30N4O2S. The molecule has 1 fully saturated rings. The van der Waals surface area contributed by atoms with E-state index < -0.39 is 0 Å². The minimum atomic E-state index is -0.147. The highest BCUT2D eigenvalue weighted by atomic mass is 32.1. The number of carbonyl (C=O) groups is 1. The van der Waals surface area contributed by atoms with Crippen molar-refractivity contribution in [1.82, 2.24) is 15.6 Å². The van der Waals surface area contributed by atoms with E-state index >= 15 is 0 Å². The van der Waals surface area contributed by atoms with Gasteiger partial charge in [0.25, 0.3) is 0 Å². The number of hydrogen-bond acceptors (Lipinski definition) is 5. The molecule has 27 heavy (non-hydrogen) atoms. The number of esters is 1. The van der Waals surface area contributed by atoms with Crippen LogP contribution in [-0.4, -0.2) is 48.4 Å². The van der Waals surface area contributed by atoms with E-state index in [1.165, 1.54) is 18.4 Å². The minimum absolute atomic E-state index is 0.147. The molecule has 0 saturated carbocycles. The number of rotatable bonds is 9. The minimum Gasteiger partial charge on any atom is -0.469 e. The van der Waals surface area contributed by atoms with Crippen LogP contribution in [0.5, 0.6) is 0 Å². The lowest BCUT2D eigenvalue weighted by Crippen LogP contribution is -2.36. The van der Waals surface area contributed by atoms with Gasteiger partial charge in [-0.05, 0) is 30.6 Å². The van der Waals surface area contributed by atoms with Crippen LogP contribution in [0.25, 0.3) is 0 Å². The summed E-state index contributed by atoms with van der Waals surface area (Å²) in [4.78, 5) is 13.5. The van der Waals surface area contributed by atoms with E-state index in [1.54, 1.807) is 0 Å². The molecule has 6 nitrogen and oxygen atoms in total. The number of ether oxygens (including phenoxy) is 1. The summed E-state index contributed by atoms with van der Waals surface area (Å²) in [6.45, 7) is 3.83. The number of hydrogen-bond donors (Lipinski definition) is 2. The highest BCUT2D eigenvalue weighted by Crippen LogP contribution is 2.11. The summed E-state index contributed by atoms with van der Waals surface area (Å²) in [6, 6.07) is 10.6. The smallest absolute Gasteiger partial charge is 0.305 e. The summed E-state index contributed by atoms with van der Waals surface area (Å²) in [5.74, 6) is -0.147. The van der Waals surface area contributed by atoms with E-state index in [0.29, 0.717) is 11.5 Å². The van der Waals surface area contributed by atoms with Gasteiger partial charge in [0.2, 0.25) is 0 Å². The lowest BCUT2D eigenvalue weighted by Gasteiger charge is -2.27. The van der Waals surface area contributed by atoms with E-state index in [4.69, 9.17) is 12.2 Å². The van der Waals surface area contributed by atoms with Gasteiger partial charge >= 0.3 is 5.97 Å². The molecule has 1 saturated heterocycles. The number of methoxy groups -OCH3 is 1. The van der Waals surface area contributed by atoms with Crippen LogP contribution in [0.4, 0.5) is 0 Å². The third kappa shape index (κ3) is 8.97. The summed E-state index contributed by atoms with van der Waals surface area (Å²) < 4.78 is 4.62. The zero-order valence-corrected chi connectivity index (χ0v) is 16.9. The van der Waals surface area contributed by atoms with Crippen LogP contribution in [-0.2, 0) is 16.1 Å². The third-order valence-corrected chi connectivity index (χ3v) is 4.80. The molecule has 148 valence electrons. The number of thiocarbonyl (C=S) groups is 1. The molecule has 0 radical (unpaired) electrons. The molecule has 0 bridgehead atoms. The van der Waals surface area contributed by atoms with Crippen molar-refractivity contribution in [2.24, 2.45) is 5.10 Å². The van der Waals surface area contributed by atoms with Gasteiger partial charge in [0, 0.05) is 51.2 Å². The van der Waals surface area contributed by atoms with Gasteiger partial charge in [0.05, 0.1) is 7.11 Å². The number of piperidine rings is 1. The third-order valence-electron chi connectivity index (χ3n) is 4.57. The fourth-order valence-corrected chi connectivity index (χ4v) is 3.11. The lowest BCUT2D eigenvalue weighted by atomic mass is 10.1. The largest absolute Gasteiger partial charge is 0.469 e. The molecule has 0 unspecified atom stereocenters. The molecule has 1 heterocycles. The summed E-state index contributed by atoms with van der Waals surface area (Å²) in [5.41, 5.74) is 5.47. The van der Waals surface area contributed by atoms with Gasteiger partial charge in [-0.2, -0.15) is 5.10 Å². The van der Waals surface area contributed by atoms with Gasteiger partial charge in [0.1, 0.15) is 0 Å². The Morgan fingerprint density at radius 3 is 2.63 bits per heavy atom. The fraction of sp³-hybridized carbons (Fsp3) is 0.550. The van der Waals surface area contributed by atoms with Crippen molar-refractivity contribution in [3.05, 3.63) is 35.9 Å². The quantitative estimate of drug-likeness (QED) is 0.293. The first-order chi connectivity index (χ1) is 13.2. The predicted molar refractivity (Wildman–Crippen MR) is 113 cm³/mol. The number of unbranched alkanes of at least 4 members (excludes halogenated alkanes) is 2. The van der Waals surface area contributed by atoms with Crippen molar-refractivity contribution in [2.75, 3.05) is 26.7 Å². The Morgan fingerprint density at radius 2 is 1.93 bits per heavy atom. The number of carbonyl (C=O) groups excluding carboxylic acids is 1. The number of likely N-dealkylation sites (tertiary alicyclic amines) is 1. The molecule has 1 aliphatic rings. The Hall–Kier alpha value is -1.99. The van der Waals surface area contributed by atoms with E-state index in [9.17, 15) is 4.79 Å². The monoisotopic (exact) mass is 390 g/mol. The van der Waals surface area contributed by atoms with Gasteiger partial charge in [-0.1, -0.05) is 36.8 Å². The number of hydrazone groups is 1. The van der Waals surface area contributed by atoms with Gasteiger partial charge in [-0.25, -0.2) is 0 Å². The van der Waals surface area contributed by atoms with E-state index in [0.717, 1.165) is 58.3 Å². The molecule has 0 aromatic heterocycles. The molecule has 0 atom stereocenters. The number of nitrogens with zero attached hydrogens (tertiary/aromatic N) is 2. The molecule has 0 amide bonds. The van der Waals surface area contributed by atoms with E-state index in [1.807, 2.05) is 0 Å². The maximum Gasteiger partial charge on any atom is 0.305 e. The Balaban J connectivity index is 1.54. The van der Waals surface area contributed by atoms with Gasteiger partial charge in [0.15, 0.2) is 5.11 Å². The molecule has 1 aliphatic heterocycles. The van der Waals surface area contributed by atoms with Crippen molar-refractivity contribution in [3.63, 3.8) is 0 Å². The van der Waals surface area contributed by atoms with Crippen LogP contribution in [0, 0.1) is 0 Å². The van der Waals surface area contributed by atoms with E-state index in [2.05, 4.69) is 55.8 Å². The molecule has 2 N–H and O–H groups in total. The molecular weight excluding hydrogens is 360 g/mol. The number of benzene rings is 1. The zero-order chi connectivity index (χ0) is 19.3. The van der Waals surface area contributed by atoms with Crippen LogP contribution in [0.1, 0.15) is 44.1 Å². The number of nitrogens with one attached hydrogen (secondary N) is 2. The first-order valence-corrected chi connectivity index (χ1v) is 10.0. The van der Waals surface area contributed by atoms with Crippen molar-refractivity contribution >= 4 is 29.0 Å². The van der Waals surface area contributed by atoms with Crippen molar-refractivity contribution < 1.29 is 9.53 Å². The van der Waals surface area contributed by atoms with Crippen LogP contribution >= 0.6 is 12.2 Å². The summed E-state index contributed by atoms with van der Waals surface area (Å²) in [6.07, 6.45) is 5.19. The van der Waals surface area contributed by atoms with Crippen LogP contribution in [0.15, 0.2) is 35.4 Å². The highest BCUT2D eigenvalue weighted by Gasteiger charge is 2.15. The SMILES string of the molecule is COC(=O)CCCCCNC(=S)NN=C1CCN(Cc2ccccc2)CC1. The van der Waals surface area contributed by atoms with Crippen LogP contribution in [0.3, 0.4) is 0 Å². The van der Waals surface area contributed by atoms with Crippen LogP contribution in [0.2, 0.25) is 0 Å². The second-order valence-electron chi connectivity index (χ2n) is 6.69. The maximum atomic E-state index is 11.0. The summed E-state index contributed by atoms with van der Waals surface area (Å²) in [5, 5.41) is 8.16. The second kappa shape index (κ2) is 12.4. The Labute approximate surface area is 167 Å².